The minimum atomic E-state index is 0.0915. The molecule has 5 heteroatoms. The Morgan fingerprint density at radius 2 is 2.00 bits per heavy atom. The maximum absolute atomic E-state index is 6.14. The average Bonchev–Trinajstić information content (AvgIpc) is 2.69. The number of ether oxygens (including phenoxy) is 2. The van der Waals surface area contributed by atoms with Gasteiger partial charge in [-0.1, -0.05) is 45.0 Å². The standard InChI is InChI=1S/C23H37N3O2/c1-17-9-6-7-11-19(17)20-16-26(12-14-27-20)22(24-5)25-15-18-10-8-13-28-21(18)23(2,3)4/h6-7,9,11,18,20-21H,8,10,12-16H2,1-5H3,(H,24,25). The third-order valence-corrected chi connectivity index (χ3v) is 5.93. The molecule has 1 aromatic carbocycles. The summed E-state index contributed by atoms with van der Waals surface area (Å²) in [5.41, 5.74) is 2.71. The maximum Gasteiger partial charge on any atom is 0.193 e. The van der Waals surface area contributed by atoms with Crippen LogP contribution in [0.5, 0.6) is 0 Å². The van der Waals surface area contributed by atoms with E-state index >= 15 is 0 Å². The molecular formula is C23H37N3O2. The topological polar surface area (TPSA) is 46.1 Å². The number of rotatable bonds is 3. The van der Waals surface area contributed by atoms with E-state index in [0.29, 0.717) is 5.92 Å². The summed E-state index contributed by atoms with van der Waals surface area (Å²) in [5.74, 6) is 1.49. The Kier molecular flexibility index (Phi) is 7.00. The molecule has 3 rings (SSSR count). The number of aliphatic imine (C=N–C) groups is 1. The third kappa shape index (κ3) is 5.06. The summed E-state index contributed by atoms with van der Waals surface area (Å²) < 4.78 is 12.2. The molecule has 2 heterocycles. The van der Waals surface area contributed by atoms with Crippen molar-refractivity contribution in [3.63, 3.8) is 0 Å². The van der Waals surface area contributed by atoms with Crippen LogP contribution < -0.4 is 5.32 Å². The van der Waals surface area contributed by atoms with Crippen LogP contribution in [0.3, 0.4) is 0 Å². The number of benzene rings is 1. The van der Waals surface area contributed by atoms with Gasteiger partial charge in [0.15, 0.2) is 5.96 Å². The Balaban J connectivity index is 1.62. The lowest BCUT2D eigenvalue weighted by atomic mass is 9.78. The monoisotopic (exact) mass is 387 g/mol. The fourth-order valence-corrected chi connectivity index (χ4v) is 4.54. The summed E-state index contributed by atoms with van der Waals surface area (Å²) in [4.78, 5) is 6.90. The van der Waals surface area contributed by atoms with E-state index in [1.165, 1.54) is 17.5 Å². The lowest BCUT2D eigenvalue weighted by Crippen LogP contribution is -2.51. The summed E-state index contributed by atoms with van der Waals surface area (Å²) in [5, 5.41) is 3.64. The molecule has 0 spiro atoms. The minimum Gasteiger partial charge on any atom is -0.377 e. The number of hydrogen-bond donors (Lipinski definition) is 1. The zero-order chi connectivity index (χ0) is 20.1. The molecule has 1 aromatic rings. The van der Waals surface area contributed by atoms with Crippen LogP contribution in [0.15, 0.2) is 29.3 Å². The summed E-state index contributed by atoms with van der Waals surface area (Å²) in [6.45, 7) is 13.2. The van der Waals surface area contributed by atoms with Gasteiger partial charge in [0.1, 0.15) is 6.10 Å². The molecule has 0 bridgehead atoms. The van der Waals surface area contributed by atoms with E-state index < -0.39 is 0 Å². The molecule has 1 N–H and O–H groups in total. The fourth-order valence-electron chi connectivity index (χ4n) is 4.54. The normalized spacial score (nSPS) is 27.0. The Morgan fingerprint density at radius 3 is 2.71 bits per heavy atom. The van der Waals surface area contributed by atoms with Gasteiger partial charge in [-0.05, 0) is 36.3 Å². The van der Waals surface area contributed by atoms with Gasteiger partial charge in [-0.3, -0.25) is 4.99 Å². The summed E-state index contributed by atoms with van der Waals surface area (Å²) in [6.07, 6.45) is 2.73. The molecule has 28 heavy (non-hydrogen) atoms. The van der Waals surface area contributed by atoms with Crippen LogP contribution in [0.25, 0.3) is 0 Å². The van der Waals surface area contributed by atoms with Crippen molar-refractivity contribution >= 4 is 5.96 Å². The molecule has 2 aliphatic rings. The SMILES string of the molecule is CN=C(NCC1CCCOC1C(C)(C)C)N1CCOC(c2ccccc2C)C1. The molecule has 156 valence electrons. The predicted molar refractivity (Wildman–Crippen MR) is 115 cm³/mol. The van der Waals surface area contributed by atoms with E-state index in [4.69, 9.17) is 9.47 Å². The predicted octanol–water partition coefficient (Wildman–Crippen LogP) is 3.79. The van der Waals surface area contributed by atoms with Gasteiger partial charge >= 0.3 is 0 Å². The summed E-state index contributed by atoms with van der Waals surface area (Å²) in [6, 6.07) is 8.50. The van der Waals surface area contributed by atoms with Crippen LogP contribution in [0.1, 0.15) is 50.8 Å². The lowest BCUT2D eigenvalue weighted by molar-refractivity contribution is -0.0837. The highest BCUT2D eigenvalue weighted by atomic mass is 16.5. The highest BCUT2D eigenvalue weighted by Gasteiger charge is 2.35. The largest absolute Gasteiger partial charge is 0.377 e. The Bertz CT molecular complexity index is 668. The maximum atomic E-state index is 6.14. The van der Waals surface area contributed by atoms with E-state index in [0.717, 1.165) is 45.2 Å². The molecule has 0 aliphatic carbocycles. The first-order valence-electron chi connectivity index (χ1n) is 10.6. The van der Waals surface area contributed by atoms with Crippen molar-refractivity contribution in [3.8, 4) is 0 Å². The van der Waals surface area contributed by atoms with Crippen molar-refractivity contribution in [1.29, 1.82) is 0 Å². The van der Waals surface area contributed by atoms with Gasteiger partial charge in [0.2, 0.25) is 0 Å². The van der Waals surface area contributed by atoms with Crippen molar-refractivity contribution in [2.24, 2.45) is 16.3 Å². The van der Waals surface area contributed by atoms with Gasteiger partial charge in [-0.25, -0.2) is 0 Å². The average molecular weight is 388 g/mol. The van der Waals surface area contributed by atoms with Crippen LogP contribution >= 0.6 is 0 Å². The smallest absolute Gasteiger partial charge is 0.193 e. The van der Waals surface area contributed by atoms with Gasteiger partial charge in [0, 0.05) is 32.7 Å². The van der Waals surface area contributed by atoms with Crippen LogP contribution in [0.4, 0.5) is 0 Å². The van der Waals surface area contributed by atoms with Crippen LogP contribution in [-0.2, 0) is 9.47 Å². The Morgan fingerprint density at radius 1 is 1.21 bits per heavy atom. The van der Waals surface area contributed by atoms with Gasteiger partial charge in [0.25, 0.3) is 0 Å². The highest BCUT2D eigenvalue weighted by Crippen LogP contribution is 2.33. The van der Waals surface area contributed by atoms with Crippen molar-refractivity contribution < 1.29 is 9.47 Å². The van der Waals surface area contributed by atoms with Crippen molar-refractivity contribution in [1.82, 2.24) is 10.2 Å². The Hall–Kier alpha value is -1.59. The molecule has 3 unspecified atom stereocenters. The molecule has 3 atom stereocenters. The van der Waals surface area contributed by atoms with E-state index in [1.807, 2.05) is 7.05 Å². The van der Waals surface area contributed by atoms with Crippen LogP contribution in [0, 0.1) is 18.3 Å². The molecule has 2 fully saturated rings. The fraction of sp³-hybridized carbons (Fsp3) is 0.696. The second kappa shape index (κ2) is 9.27. The van der Waals surface area contributed by atoms with E-state index in [9.17, 15) is 0 Å². The third-order valence-electron chi connectivity index (χ3n) is 5.93. The lowest BCUT2D eigenvalue weighted by Gasteiger charge is -2.41. The van der Waals surface area contributed by atoms with Crippen LogP contribution in [-0.4, -0.2) is 56.9 Å². The highest BCUT2D eigenvalue weighted by molar-refractivity contribution is 5.80. The second-order valence-corrected chi connectivity index (χ2v) is 9.15. The van der Waals surface area contributed by atoms with Crippen LogP contribution in [0.2, 0.25) is 0 Å². The quantitative estimate of drug-likeness (QED) is 0.633. The van der Waals surface area contributed by atoms with E-state index in [2.05, 4.69) is 67.2 Å². The van der Waals surface area contributed by atoms with E-state index in [-0.39, 0.29) is 17.6 Å². The molecule has 2 saturated heterocycles. The van der Waals surface area contributed by atoms with Gasteiger partial charge in [-0.15, -0.1) is 0 Å². The molecule has 0 aromatic heterocycles. The number of nitrogens with one attached hydrogen (secondary N) is 1. The molecule has 5 nitrogen and oxygen atoms in total. The number of hydrogen-bond acceptors (Lipinski definition) is 3. The molecule has 0 radical (unpaired) electrons. The first-order chi connectivity index (χ1) is 13.4. The van der Waals surface area contributed by atoms with Gasteiger partial charge in [-0.2, -0.15) is 0 Å². The molecule has 2 aliphatic heterocycles. The first kappa shape index (κ1) is 21.1. The van der Waals surface area contributed by atoms with Crippen molar-refractivity contribution in [2.45, 2.75) is 52.7 Å². The summed E-state index contributed by atoms with van der Waals surface area (Å²) >= 11 is 0. The van der Waals surface area contributed by atoms with Gasteiger partial charge < -0.3 is 19.7 Å². The zero-order valence-electron chi connectivity index (χ0n) is 18.2. The van der Waals surface area contributed by atoms with Gasteiger partial charge in [0.05, 0.1) is 19.3 Å². The summed E-state index contributed by atoms with van der Waals surface area (Å²) in [7, 11) is 1.87. The minimum absolute atomic E-state index is 0.0915. The second-order valence-electron chi connectivity index (χ2n) is 9.15. The zero-order valence-corrected chi connectivity index (χ0v) is 18.2. The number of nitrogens with zero attached hydrogens (tertiary/aromatic N) is 2. The molecule has 0 saturated carbocycles. The molecule has 0 amide bonds. The number of morpholine rings is 1. The number of aryl methyl sites for hydroxylation is 1. The number of guanidine groups is 1. The van der Waals surface area contributed by atoms with Crippen molar-refractivity contribution in [3.05, 3.63) is 35.4 Å². The first-order valence-corrected chi connectivity index (χ1v) is 10.6. The Labute approximate surface area is 170 Å². The van der Waals surface area contributed by atoms with E-state index in [1.54, 1.807) is 0 Å². The van der Waals surface area contributed by atoms with Crippen molar-refractivity contribution in [2.75, 3.05) is 39.9 Å². The molecular weight excluding hydrogens is 350 g/mol.